The van der Waals surface area contributed by atoms with Crippen LogP contribution in [-0.4, -0.2) is 49.0 Å². The standard InChI is InChI=1S/C22H25N5O3S/c1-30-19-7-3-2-6-18(19)25-10-12-26(13-11-25)20-8-9-22(29)27(24-20)16-21(28)23-15-17-5-4-14-31-17/h2-9,14H,10-13,15-16H2,1H3,(H,23,28). The van der Waals surface area contributed by atoms with Crippen LogP contribution in [0.4, 0.5) is 11.5 Å². The van der Waals surface area contributed by atoms with E-state index >= 15 is 0 Å². The summed E-state index contributed by atoms with van der Waals surface area (Å²) in [5.41, 5.74) is 0.785. The normalized spacial score (nSPS) is 13.8. The third-order valence-electron chi connectivity index (χ3n) is 5.22. The van der Waals surface area contributed by atoms with Crippen molar-refractivity contribution in [3.8, 4) is 5.75 Å². The maximum atomic E-state index is 12.3. The first-order valence-electron chi connectivity index (χ1n) is 10.1. The second kappa shape index (κ2) is 9.65. The lowest BCUT2D eigenvalue weighted by atomic mass is 10.2. The highest BCUT2D eigenvalue weighted by Crippen LogP contribution is 2.28. The molecule has 4 rings (SSSR count). The minimum absolute atomic E-state index is 0.0980. The topological polar surface area (TPSA) is 79.7 Å². The highest BCUT2D eigenvalue weighted by atomic mass is 32.1. The van der Waals surface area contributed by atoms with Crippen molar-refractivity contribution in [1.29, 1.82) is 0 Å². The summed E-state index contributed by atoms with van der Waals surface area (Å²) in [7, 11) is 1.68. The van der Waals surface area contributed by atoms with Gasteiger partial charge in [-0.15, -0.1) is 11.3 Å². The summed E-state index contributed by atoms with van der Waals surface area (Å²) in [6, 6.07) is 15.1. The zero-order valence-corrected chi connectivity index (χ0v) is 18.2. The van der Waals surface area contributed by atoms with Crippen LogP contribution >= 0.6 is 11.3 Å². The molecule has 1 aromatic carbocycles. The molecule has 1 aliphatic heterocycles. The number of hydrogen-bond acceptors (Lipinski definition) is 7. The van der Waals surface area contributed by atoms with E-state index in [0.717, 1.165) is 42.5 Å². The van der Waals surface area contributed by atoms with Crippen molar-refractivity contribution in [2.75, 3.05) is 43.1 Å². The van der Waals surface area contributed by atoms with E-state index in [1.807, 2.05) is 35.7 Å². The molecule has 1 amide bonds. The van der Waals surface area contributed by atoms with E-state index in [0.29, 0.717) is 12.4 Å². The number of nitrogens with one attached hydrogen (secondary N) is 1. The van der Waals surface area contributed by atoms with Crippen molar-refractivity contribution in [2.24, 2.45) is 0 Å². The summed E-state index contributed by atoms with van der Waals surface area (Å²) in [6.45, 7) is 3.49. The molecule has 2 aromatic heterocycles. The van der Waals surface area contributed by atoms with Crippen LogP contribution in [0.5, 0.6) is 5.75 Å². The van der Waals surface area contributed by atoms with E-state index in [9.17, 15) is 9.59 Å². The van der Waals surface area contributed by atoms with Gasteiger partial charge in [-0.3, -0.25) is 9.59 Å². The second-order valence-electron chi connectivity index (χ2n) is 7.19. The molecular weight excluding hydrogens is 414 g/mol. The molecule has 0 aliphatic carbocycles. The smallest absolute Gasteiger partial charge is 0.267 e. The van der Waals surface area contributed by atoms with Crippen LogP contribution < -0.4 is 25.4 Å². The molecule has 0 unspecified atom stereocenters. The van der Waals surface area contributed by atoms with Gasteiger partial charge in [0.15, 0.2) is 0 Å². The number of aromatic nitrogens is 2. The Morgan fingerprint density at radius 1 is 1.06 bits per heavy atom. The van der Waals surface area contributed by atoms with Gasteiger partial charge in [0.1, 0.15) is 18.1 Å². The summed E-state index contributed by atoms with van der Waals surface area (Å²) in [6.07, 6.45) is 0. The van der Waals surface area contributed by atoms with Gasteiger partial charge in [-0.05, 0) is 29.6 Å². The largest absolute Gasteiger partial charge is 0.495 e. The molecule has 3 aromatic rings. The lowest BCUT2D eigenvalue weighted by molar-refractivity contribution is -0.122. The van der Waals surface area contributed by atoms with Crippen LogP contribution in [0.25, 0.3) is 0 Å². The maximum absolute atomic E-state index is 12.3. The average Bonchev–Trinajstić information content (AvgIpc) is 3.33. The SMILES string of the molecule is COc1ccccc1N1CCN(c2ccc(=O)n(CC(=O)NCc3cccs3)n2)CC1. The van der Waals surface area contributed by atoms with E-state index in [1.54, 1.807) is 24.5 Å². The summed E-state index contributed by atoms with van der Waals surface area (Å²) in [5, 5.41) is 9.24. The highest BCUT2D eigenvalue weighted by Gasteiger charge is 2.21. The van der Waals surface area contributed by atoms with Gasteiger partial charge in [-0.2, -0.15) is 5.10 Å². The fraction of sp³-hybridized carbons (Fsp3) is 0.318. The number of carbonyl (C=O) groups is 1. The number of ether oxygens (including phenoxy) is 1. The first-order chi connectivity index (χ1) is 15.1. The molecule has 31 heavy (non-hydrogen) atoms. The van der Waals surface area contributed by atoms with Crippen LogP contribution in [-0.2, 0) is 17.9 Å². The summed E-state index contributed by atoms with van der Waals surface area (Å²) < 4.78 is 6.70. The highest BCUT2D eigenvalue weighted by molar-refractivity contribution is 7.09. The molecule has 162 valence electrons. The van der Waals surface area contributed by atoms with E-state index in [4.69, 9.17) is 4.74 Å². The average molecular weight is 440 g/mol. The molecule has 8 nitrogen and oxygen atoms in total. The Kier molecular flexibility index (Phi) is 6.51. The van der Waals surface area contributed by atoms with Gasteiger partial charge in [0, 0.05) is 37.1 Å². The summed E-state index contributed by atoms with van der Waals surface area (Å²) >= 11 is 1.58. The monoisotopic (exact) mass is 439 g/mol. The zero-order chi connectivity index (χ0) is 21.6. The number of nitrogens with zero attached hydrogens (tertiary/aromatic N) is 4. The van der Waals surface area contributed by atoms with E-state index in [2.05, 4.69) is 26.3 Å². The van der Waals surface area contributed by atoms with Crippen molar-refractivity contribution in [1.82, 2.24) is 15.1 Å². The van der Waals surface area contributed by atoms with Crippen molar-refractivity contribution >= 4 is 28.7 Å². The number of thiophene rings is 1. The van der Waals surface area contributed by atoms with Gasteiger partial charge in [-0.25, -0.2) is 4.68 Å². The molecule has 0 saturated carbocycles. The van der Waals surface area contributed by atoms with E-state index in [1.165, 1.54) is 10.7 Å². The lowest BCUT2D eigenvalue weighted by Crippen LogP contribution is -2.47. The third-order valence-corrected chi connectivity index (χ3v) is 6.09. The number of piperazine rings is 1. The molecule has 1 aliphatic rings. The van der Waals surface area contributed by atoms with Gasteiger partial charge >= 0.3 is 0 Å². The van der Waals surface area contributed by atoms with Crippen molar-refractivity contribution < 1.29 is 9.53 Å². The number of anilines is 2. The second-order valence-corrected chi connectivity index (χ2v) is 8.22. The van der Waals surface area contributed by atoms with Crippen LogP contribution in [0, 0.1) is 0 Å². The Bertz CT molecular complexity index is 1070. The third kappa shape index (κ3) is 5.05. The fourth-order valence-corrected chi connectivity index (χ4v) is 4.22. The molecule has 0 radical (unpaired) electrons. The predicted octanol–water partition coefficient (Wildman–Crippen LogP) is 1.96. The molecule has 0 spiro atoms. The minimum Gasteiger partial charge on any atom is -0.495 e. The summed E-state index contributed by atoms with van der Waals surface area (Å²) in [4.78, 5) is 30.0. The molecular formula is C22H25N5O3S. The van der Waals surface area contributed by atoms with Gasteiger partial charge in [0.2, 0.25) is 5.91 Å². The zero-order valence-electron chi connectivity index (χ0n) is 17.4. The molecule has 0 atom stereocenters. The van der Waals surface area contributed by atoms with E-state index < -0.39 is 0 Å². The van der Waals surface area contributed by atoms with Gasteiger partial charge in [-0.1, -0.05) is 18.2 Å². The number of hydrogen-bond donors (Lipinski definition) is 1. The Morgan fingerprint density at radius 3 is 2.58 bits per heavy atom. The van der Waals surface area contributed by atoms with Crippen LogP contribution in [0.3, 0.4) is 0 Å². The maximum Gasteiger partial charge on any atom is 0.267 e. The molecule has 3 heterocycles. The van der Waals surface area contributed by atoms with Gasteiger partial charge in [0.05, 0.1) is 19.3 Å². The lowest BCUT2D eigenvalue weighted by Gasteiger charge is -2.37. The number of para-hydroxylation sites is 2. The molecule has 1 N–H and O–H groups in total. The Labute approximate surface area is 184 Å². The van der Waals surface area contributed by atoms with Crippen LogP contribution in [0.15, 0.2) is 58.7 Å². The molecule has 0 bridgehead atoms. The molecule has 9 heteroatoms. The number of benzene rings is 1. The Morgan fingerprint density at radius 2 is 1.84 bits per heavy atom. The van der Waals surface area contributed by atoms with Crippen LogP contribution in [0.2, 0.25) is 0 Å². The quantitative estimate of drug-likeness (QED) is 0.606. The number of carbonyl (C=O) groups excluding carboxylic acids is 1. The predicted molar refractivity (Wildman–Crippen MR) is 122 cm³/mol. The van der Waals surface area contributed by atoms with Crippen molar-refractivity contribution in [2.45, 2.75) is 13.1 Å². The first kappa shape index (κ1) is 20.9. The Hall–Kier alpha value is -3.33. The van der Waals surface area contributed by atoms with Gasteiger partial charge in [0.25, 0.3) is 5.56 Å². The fourth-order valence-electron chi connectivity index (χ4n) is 3.58. The minimum atomic E-state index is -0.289. The molecule has 1 saturated heterocycles. The molecule has 1 fully saturated rings. The van der Waals surface area contributed by atoms with Gasteiger partial charge < -0.3 is 19.9 Å². The van der Waals surface area contributed by atoms with Crippen molar-refractivity contribution in [3.63, 3.8) is 0 Å². The Balaban J connectivity index is 1.38. The number of rotatable bonds is 7. The number of amides is 1. The number of methoxy groups -OCH3 is 1. The van der Waals surface area contributed by atoms with Crippen molar-refractivity contribution in [3.05, 3.63) is 69.1 Å². The summed E-state index contributed by atoms with van der Waals surface area (Å²) in [5.74, 6) is 1.32. The van der Waals surface area contributed by atoms with Crippen LogP contribution in [0.1, 0.15) is 4.88 Å². The first-order valence-corrected chi connectivity index (χ1v) is 11.0. The van der Waals surface area contributed by atoms with E-state index in [-0.39, 0.29) is 18.0 Å².